The maximum absolute atomic E-state index is 5.47. The maximum atomic E-state index is 5.47. The third kappa shape index (κ3) is 2.37. The third-order valence-electron chi connectivity index (χ3n) is 2.05. The number of nitrogens with one attached hydrogen (secondary N) is 1. The fourth-order valence-electron chi connectivity index (χ4n) is 1.29. The van der Waals surface area contributed by atoms with E-state index in [4.69, 9.17) is 15.0 Å². The molecule has 0 aromatic carbocycles. The van der Waals surface area contributed by atoms with E-state index in [1.807, 2.05) is 0 Å². The molecule has 2 aromatic heterocycles. The fraction of sp³-hybridized carbons (Fsp3) is 0.444. The molecular formula is C9H13N5O2. The minimum Gasteiger partial charge on any atom is -0.385 e. The molecule has 0 aliphatic rings. The largest absolute Gasteiger partial charge is 0.385 e. The van der Waals surface area contributed by atoms with Crippen molar-refractivity contribution in [2.24, 2.45) is 0 Å². The number of anilines is 1. The van der Waals surface area contributed by atoms with E-state index < -0.39 is 0 Å². The standard InChI is InChI=1S/C9H13N5O2/c1-15-4-2-3-8-11-9(16-14-8)6-5-7(10)13-12-6/h5H,2-4H2,1H3,(H3,10,12,13). The van der Waals surface area contributed by atoms with Gasteiger partial charge < -0.3 is 15.0 Å². The lowest BCUT2D eigenvalue weighted by molar-refractivity contribution is 0.194. The molecule has 0 radical (unpaired) electrons. The highest BCUT2D eigenvalue weighted by molar-refractivity contribution is 5.51. The summed E-state index contributed by atoms with van der Waals surface area (Å²) in [5.74, 6) is 1.45. The maximum Gasteiger partial charge on any atom is 0.276 e. The van der Waals surface area contributed by atoms with Gasteiger partial charge in [-0.15, -0.1) is 0 Å². The molecule has 2 heterocycles. The Morgan fingerprint density at radius 1 is 1.56 bits per heavy atom. The molecule has 2 rings (SSSR count). The van der Waals surface area contributed by atoms with Crippen molar-refractivity contribution in [2.75, 3.05) is 19.5 Å². The van der Waals surface area contributed by atoms with Crippen molar-refractivity contribution in [1.82, 2.24) is 20.3 Å². The van der Waals surface area contributed by atoms with Crippen LogP contribution >= 0.6 is 0 Å². The topological polar surface area (TPSA) is 103 Å². The molecule has 3 N–H and O–H groups in total. The van der Waals surface area contributed by atoms with E-state index in [0.29, 0.717) is 29.8 Å². The van der Waals surface area contributed by atoms with Gasteiger partial charge in [0.05, 0.1) is 0 Å². The van der Waals surface area contributed by atoms with E-state index in [9.17, 15) is 0 Å². The van der Waals surface area contributed by atoms with Gasteiger partial charge in [-0.05, 0) is 6.42 Å². The Labute approximate surface area is 92.0 Å². The lowest BCUT2D eigenvalue weighted by Gasteiger charge is -1.92. The number of aromatic amines is 1. The minimum atomic E-state index is 0.397. The van der Waals surface area contributed by atoms with Gasteiger partial charge >= 0.3 is 0 Å². The Balaban J connectivity index is 2.02. The van der Waals surface area contributed by atoms with E-state index in [1.54, 1.807) is 13.2 Å². The molecule has 16 heavy (non-hydrogen) atoms. The summed E-state index contributed by atoms with van der Waals surface area (Å²) < 4.78 is 10.0. The van der Waals surface area contributed by atoms with Gasteiger partial charge in [0.25, 0.3) is 5.89 Å². The summed E-state index contributed by atoms with van der Waals surface area (Å²) in [6, 6.07) is 1.65. The number of ether oxygens (including phenoxy) is 1. The van der Waals surface area contributed by atoms with Crippen LogP contribution in [0.5, 0.6) is 0 Å². The summed E-state index contributed by atoms with van der Waals surface area (Å²) in [4.78, 5) is 4.21. The molecule has 0 fully saturated rings. The number of aromatic nitrogens is 4. The van der Waals surface area contributed by atoms with Crippen molar-refractivity contribution >= 4 is 5.82 Å². The van der Waals surface area contributed by atoms with Gasteiger partial charge in [0, 0.05) is 26.2 Å². The Bertz CT molecular complexity index is 450. The highest BCUT2D eigenvalue weighted by atomic mass is 16.5. The molecular weight excluding hydrogens is 210 g/mol. The first-order valence-electron chi connectivity index (χ1n) is 4.92. The number of nitrogens with two attached hydrogens (primary N) is 1. The zero-order chi connectivity index (χ0) is 11.4. The van der Waals surface area contributed by atoms with Crippen molar-refractivity contribution in [1.29, 1.82) is 0 Å². The van der Waals surface area contributed by atoms with E-state index in [-0.39, 0.29) is 0 Å². The van der Waals surface area contributed by atoms with Crippen molar-refractivity contribution in [2.45, 2.75) is 12.8 Å². The van der Waals surface area contributed by atoms with Gasteiger partial charge in [0.1, 0.15) is 11.5 Å². The summed E-state index contributed by atoms with van der Waals surface area (Å²) in [7, 11) is 1.66. The first kappa shape index (κ1) is 10.6. The van der Waals surface area contributed by atoms with Crippen LogP contribution < -0.4 is 5.73 Å². The Morgan fingerprint density at radius 3 is 3.12 bits per heavy atom. The summed E-state index contributed by atoms with van der Waals surface area (Å²) in [6.45, 7) is 0.681. The van der Waals surface area contributed by atoms with Gasteiger partial charge in [-0.3, -0.25) is 5.10 Å². The molecule has 0 atom stereocenters. The quantitative estimate of drug-likeness (QED) is 0.720. The van der Waals surface area contributed by atoms with Crippen LogP contribution in [0.4, 0.5) is 5.82 Å². The second-order valence-corrected chi connectivity index (χ2v) is 3.32. The van der Waals surface area contributed by atoms with E-state index >= 15 is 0 Å². The van der Waals surface area contributed by atoms with Crippen LogP contribution in [0.3, 0.4) is 0 Å². The molecule has 0 saturated carbocycles. The Hall–Kier alpha value is -1.89. The Morgan fingerprint density at radius 2 is 2.44 bits per heavy atom. The first-order chi connectivity index (χ1) is 7.79. The van der Waals surface area contributed by atoms with Gasteiger partial charge in [0.2, 0.25) is 0 Å². The summed E-state index contributed by atoms with van der Waals surface area (Å²) in [5, 5.41) is 10.3. The second kappa shape index (κ2) is 4.75. The lowest BCUT2D eigenvalue weighted by Crippen LogP contribution is -1.94. The van der Waals surface area contributed by atoms with Gasteiger partial charge in [0.15, 0.2) is 5.82 Å². The molecule has 0 bridgehead atoms. The molecule has 0 spiro atoms. The summed E-state index contributed by atoms with van der Waals surface area (Å²) >= 11 is 0. The smallest absolute Gasteiger partial charge is 0.276 e. The van der Waals surface area contributed by atoms with E-state index in [0.717, 1.165) is 12.8 Å². The molecule has 0 aliphatic carbocycles. The average molecular weight is 223 g/mol. The molecule has 0 amide bonds. The van der Waals surface area contributed by atoms with Crippen LogP contribution in [-0.4, -0.2) is 34.1 Å². The molecule has 0 unspecified atom stereocenters. The molecule has 7 heteroatoms. The van der Waals surface area contributed by atoms with Crippen LogP contribution in [0.2, 0.25) is 0 Å². The van der Waals surface area contributed by atoms with Gasteiger partial charge in [-0.25, -0.2) is 0 Å². The van der Waals surface area contributed by atoms with Crippen LogP contribution in [-0.2, 0) is 11.2 Å². The average Bonchev–Trinajstić information content (AvgIpc) is 2.87. The zero-order valence-electron chi connectivity index (χ0n) is 8.93. The van der Waals surface area contributed by atoms with Crippen LogP contribution in [0.1, 0.15) is 12.2 Å². The molecule has 7 nitrogen and oxygen atoms in total. The summed E-state index contributed by atoms with van der Waals surface area (Å²) in [5.41, 5.74) is 6.10. The van der Waals surface area contributed by atoms with Crippen LogP contribution in [0.15, 0.2) is 10.6 Å². The minimum absolute atomic E-state index is 0.397. The zero-order valence-corrected chi connectivity index (χ0v) is 8.93. The number of aryl methyl sites for hydroxylation is 1. The van der Waals surface area contributed by atoms with Crippen molar-refractivity contribution in [3.05, 3.63) is 11.9 Å². The number of nitrogens with zero attached hydrogens (tertiary/aromatic N) is 3. The number of hydrogen-bond donors (Lipinski definition) is 2. The van der Waals surface area contributed by atoms with Crippen molar-refractivity contribution in [3.63, 3.8) is 0 Å². The van der Waals surface area contributed by atoms with Gasteiger partial charge in [-0.2, -0.15) is 10.1 Å². The number of rotatable bonds is 5. The third-order valence-corrected chi connectivity index (χ3v) is 2.05. The monoisotopic (exact) mass is 223 g/mol. The lowest BCUT2D eigenvalue weighted by atomic mass is 10.3. The van der Waals surface area contributed by atoms with Crippen molar-refractivity contribution < 1.29 is 9.26 Å². The normalized spacial score (nSPS) is 10.8. The first-order valence-corrected chi connectivity index (χ1v) is 4.92. The van der Waals surface area contributed by atoms with E-state index in [2.05, 4.69) is 20.3 Å². The highest BCUT2D eigenvalue weighted by Crippen LogP contribution is 2.16. The molecule has 2 aromatic rings. The Kier molecular flexibility index (Phi) is 3.16. The number of nitrogen functional groups attached to an aromatic ring is 1. The summed E-state index contributed by atoms with van der Waals surface area (Å²) in [6.07, 6.45) is 1.58. The highest BCUT2D eigenvalue weighted by Gasteiger charge is 2.10. The van der Waals surface area contributed by atoms with Crippen LogP contribution in [0, 0.1) is 0 Å². The number of hydrogen-bond acceptors (Lipinski definition) is 6. The predicted octanol–water partition coefficient (Wildman–Crippen LogP) is 0.621. The van der Waals surface area contributed by atoms with Crippen molar-refractivity contribution in [3.8, 4) is 11.6 Å². The predicted molar refractivity (Wildman–Crippen MR) is 56.5 cm³/mol. The number of methoxy groups -OCH3 is 1. The fourth-order valence-corrected chi connectivity index (χ4v) is 1.29. The molecule has 86 valence electrons. The molecule has 0 aliphatic heterocycles. The van der Waals surface area contributed by atoms with E-state index in [1.165, 1.54) is 0 Å². The second-order valence-electron chi connectivity index (χ2n) is 3.32. The molecule has 0 saturated heterocycles. The SMILES string of the molecule is COCCCc1noc(-c2cc(N)n[nH]2)n1. The van der Waals surface area contributed by atoms with Gasteiger partial charge in [-0.1, -0.05) is 5.16 Å². The van der Waals surface area contributed by atoms with Crippen LogP contribution in [0.25, 0.3) is 11.6 Å². The number of H-pyrrole nitrogens is 1.